The van der Waals surface area contributed by atoms with Crippen LogP contribution in [-0.4, -0.2) is 24.4 Å². The maximum Gasteiger partial charge on any atom is 0.0346 e. The molecule has 16 heavy (non-hydrogen) atoms. The number of hydrogen-bond acceptors (Lipinski definition) is 2. The van der Waals surface area contributed by atoms with Crippen LogP contribution >= 0.6 is 22.9 Å². The summed E-state index contributed by atoms with van der Waals surface area (Å²) in [6, 6.07) is 8.59. The largest absolute Gasteiger partial charge is 0.302 e. The zero-order valence-corrected chi connectivity index (χ0v) is 11.0. The fourth-order valence-electron chi connectivity index (χ4n) is 1.85. The van der Waals surface area contributed by atoms with Gasteiger partial charge in [0.15, 0.2) is 0 Å². The first-order valence-corrected chi connectivity index (χ1v) is 6.92. The Morgan fingerprint density at radius 2 is 2.12 bits per heavy atom. The number of nitrogens with zero attached hydrogens (tertiary/aromatic N) is 1. The zero-order chi connectivity index (χ0) is 11.4. The summed E-state index contributed by atoms with van der Waals surface area (Å²) in [7, 11) is 2.15. The van der Waals surface area contributed by atoms with Crippen molar-refractivity contribution in [1.82, 2.24) is 4.90 Å². The van der Waals surface area contributed by atoms with Gasteiger partial charge in [-0.2, -0.15) is 0 Å². The Morgan fingerprint density at radius 1 is 1.31 bits per heavy atom. The van der Waals surface area contributed by atoms with Crippen LogP contribution in [0.15, 0.2) is 29.6 Å². The number of benzene rings is 1. The van der Waals surface area contributed by atoms with Gasteiger partial charge in [0.2, 0.25) is 0 Å². The summed E-state index contributed by atoms with van der Waals surface area (Å²) in [6.07, 6.45) is 1.06. The number of alkyl halides is 1. The summed E-state index contributed by atoms with van der Waals surface area (Å²) in [5, 5.41) is 3.66. The highest BCUT2D eigenvalue weighted by atomic mass is 35.5. The van der Waals surface area contributed by atoms with E-state index < -0.39 is 0 Å². The van der Waals surface area contributed by atoms with Gasteiger partial charge in [0.1, 0.15) is 0 Å². The van der Waals surface area contributed by atoms with E-state index in [1.165, 1.54) is 15.6 Å². The van der Waals surface area contributed by atoms with E-state index in [9.17, 15) is 0 Å². The number of thiophene rings is 1. The van der Waals surface area contributed by atoms with Crippen molar-refractivity contribution in [2.24, 2.45) is 0 Å². The molecule has 0 saturated heterocycles. The van der Waals surface area contributed by atoms with Crippen LogP contribution in [0.5, 0.6) is 0 Å². The van der Waals surface area contributed by atoms with Gasteiger partial charge in [0.25, 0.3) is 0 Å². The van der Waals surface area contributed by atoms with E-state index in [1.54, 1.807) is 0 Å². The highest BCUT2D eigenvalue weighted by Crippen LogP contribution is 2.26. The Morgan fingerprint density at radius 3 is 2.94 bits per heavy atom. The first-order valence-electron chi connectivity index (χ1n) is 5.51. The van der Waals surface area contributed by atoms with E-state index >= 15 is 0 Å². The number of halogens is 1. The Balaban J connectivity index is 2.09. The van der Waals surface area contributed by atoms with Crippen LogP contribution in [0, 0.1) is 0 Å². The van der Waals surface area contributed by atoms with Gasteiger partial charge < -0.3 is 4.90 Å². The van der Waals surface area contributed by atoms with Gasteiger partial charge >= 0.3 is 0 Å². The predicted molar refractivity (Wildman–Crippen MR) is 73.5 cm³/mol. The molecular formula is C13H16ClNS. The van der Waals surface area contributed by atoms with Crippen molar-refractivity contribution in [3.8, 4) is 0 Å². The minimum absolute atomic E-state index is 0.745. The molecule has 0 atom stereocenters. The SMILES string of the molecule is CN(CCCCl)Cc1csc2ccccc12. The van der Waals surface area contributed by atoms with Crippen molar-refractivity contribution in [3.05, 3.63) is 35.2 Å². The smallest absolute Gasteiger partial charge is 0.0346 e. The Hall–Kier alpha value is -0.570. The van der Waals surface area contributed by atoms with Crippen LogP contribution in [0.2, 0.25) is 0 Å². The molecule has 1 aromatic carbocycles. The molecular weight excluding hydrogens is 238 g/mol. The van der Waals surface area contributed by atoms with Crippen LogP contribution in [-0.2, 0) is 6.54 Å². The van der Waals surface area contributed by atoms with E-state index in [2.05, 4.69) is 41.6 Å². The van der Waals surface area contributed by atoms with Crippen LogP contribution < -0.4 is 0 Å². The molecule has 1 nitrogen and oxygen atoms in total. The van der Waals surface area contributed by atoms with Gasteiger partial charge in [-0.3, -0.25) is 0 Å². The molecule has 0 unspecified atom stereocenters. The van der Waals surface area contributed by atoms with E-state index in [4.69, 9.17) is 11.6 Å². The van der Waals surface area contributed by atoms with Crippen molar-refractivity contribution in [2.45, 2.75) is 13.0 Å². The molecule has 0 bridgehead atoms. The predicted octanol–water partition coefficient (Wildman–Crippen LogP) is 3.96. The summed E-state index contributed by atoms with van der Waals surface area (Å²) in [6.45, 7) is 2.08. The third-order valence-electron chi connectivity index (χ3n) is 2.67. The molecule has 2 rings (SSSR count). The highest BCUT2D eigenvalue weighted by Gasteiger charge is 2.05. The maximum absolute atomic E-state index is 5.70. The topological polar surface area (TPSA) is 3.24 Å². The molecule has 0 saturated carbocycles. The average molecular weight is 254 g/mol. The third-order valence-corrected chi connectivity index (χ3v) is 3.95. The molecule has 2 aromatic rings. The second kappa shape index (κ2) is 5.67. The van der Waals surface area contributed by atoms with Crippen LogP contribution in [0.1, 0.15) is 12.0 Å². The fraction of sp³-hybridized carbons (Fsp3) is 0.385. The second-order valence-corrected chi connectivity index (χ2v) is 5.33. The Labute approximate surface area is 106 Å². The quantitative estimate of drug-likeness (QED) is 0.729. The lowest BCUT2D eigenvalue weighted by molar-refractivity contribution is 0.330. The molecule has 0 amide bonds. The lowest BCUT2D eigenvalue weighted by atomic mass is 10.2. The van der Waals surface area contributed by atoms with Crippen molar-refractivity contribution in [2.75, 3.05) is 19.5 Å². The van der Waals surface area contributed by atoms with E-state index in [0.29, 0.717) is 0 Å². The summed E-state index contributed by atoms with van der Waals surface area (Å²) in [5.74, 6) is 0.745. The molecule has 3 heteroatoms. The Kier molecular flexibility index (Phi) is 4.22. The average Bonchev–Trinajstić information content (AvgIpc) is 2.70. The molecule has 0 radical (unpaired) electrons. The van der Waals surface area contributed by atoms with Crippen LogP contribution in [0.3, 0.4) is 0 Å². The Bertz CT molecular complexity index is 452. The molecule has 86 valence electrons. The molecule has 0 spiro atoms. The summed E-state index contributed by atoms with van der Waals surface area (Å²) >= 11 is 7.52. The summed E-state index contributed by atoms with van der Waals surface area (Å²) in [4.78, 5) is 2.33. The van der Waals surface area contributed by atoms with Crippen molar-refractivity contribution >= 4 is 33.0 Å². The lowest BCUT2D eigenvalue weighted by Gasteiger charge is -2.15. The molecule has 0 fully saturated rings. The van der Waals surface area contributed by atoms with Gasteiger partial charge in [-0.1, -0.05) is 18.2 Å². The molecule has 1 aromatic heterocycles. The van der Waals surface area contributed by atoms with Crippen molar-refractivity contribution in [3.63, 3.8) is 0 Å². The second-order valence-electron chi connectivity index (χ2n) is 4.04. The lowest BCUT2D eigenvalue weighted by Crippen LogP contribution is -2.19. The van der Waals surface area contributed by atoms with E-state index in [-0.39, 0.29) is 0 Å². The first kappa shape index (κ1) is 11.9. The normalized spacial score (nSPS) is 11.4. The van der Waals surface area contributed by atoms with Gasteiger partial charge in [0, 0.05) is 17.1 Å². The van der Waals surface area contributed by atoms with Crippen LogP contribution in [0.25, 0.3) is 10.1 Å². The third kappa shape index (κ3) is 2.76. The van der Waals surface area contributed by atoms with E-state index in [0.717, 1.165) is 25.4 Å². The zero-order valence-electron chi connectivity index (χ0n) is 9.45. The number of rotatable bonds is 5. The minimum atomic E-state index is 0.745. The molecule has 0 aliphatic carbocycles. The summed E-state index contributed by atoms with van der Waals surface area (Å²) < 4.78 is 1.38. The van der Waals surface area contributed by atoms with Gasteiger partial charge in [-0.25, -0.2) is 0 Å². The van der Waals surface area contributed by atoms with E-state index in [1.807, 2.05) is 11.3 Å². The standard InChI is InChI=1S/C13H16ClNS/c1-15(8-4-7-14)9-11-10-16-13-6-3-2-5-12(11)13/h2-3,5-6,10H,4,7-9H2,1H3. The molecule has 1 heterocycles. The van der Waals surface area contributed by atoms with Gasteiger partial charge in [-0.15, -0.1) is 22.9 Å². The maximum atomic E-state index is 5.70. The van der Waals surface area contributed by atoms with Gasteiger partial charge in [-0.05, 0) is 42.4 Å². The molecule has 0 aliphatic rings. The number of fused-ring (bicyclic) bond motifs is 1. The molecule has 0 N–H and O–H groups in total. The van der Waals surface area contributed by atoms with Gasteiger partial charge in [0.05, 0.1) is 0 Å². The molecule has 0 aliphatic heterocycles. The van der Waals surface area contributed by atoms with Crippen molar-refractivity contribution < 1.29 is 0 Å². The fourth-order valence-corrected chi connectivity index (χ4v) is 2.93. The number of hydrogen-bond donors (Lipinski definition) is 0. The minimum Gasteiger partial charge on any atom is -0.302 e. The summed E-state index contributed by atoms with van der Waals surface area (Å²) in [5.41, 5.74) is 1.43. The monoisotopic (exact) mass is 253 g/mol. The van der Waals surface area contributed by atoms with Crippen LogP contribution in [0.4, 0.5) is 0 Å². The first-order chi connectivity index (χ1) is 7.81. The highest BCUT2D eigenvalue weighted by molar-refractivity contribution is 7.17. The van der Waals surface area contributed by atoms with Crippen molar-refractivity contribution in [1.29, 1.82) is 0 Å².